The van der Waals surface area contributed by atoms with Gasteiger partial charge >= 0.3 is 0 Å². The molecule has 6 nitrogen and oxygen atoms in total. The average molecular weight is 296 g/mol. The zero-order valence-electron chi connectivity index (χ0n) is 12.9. The van der Waals surface area contributed by atoms with Crippen LogP contribution in [0.5, 0.6) is 11.5 Å². The van der Waals surface area contributed by atoms with Crippen LogP contribution in [0.3, 0.4) is 0 Å². The Hall–Kier alpha value is -1.79. The summed E-state index contributed by atoms with van der Waals surface area (Å²) >= 11 is 0. The van der Waals surface area contributed by atoms with Gasteiger partial charge in [-0.25, -0.2) is 0 Å². The van der Waals surface area contributed by atoms with E-state index in [1.165, 1.54) is 0 Å². The lowest BCUT2D eigenvalue weighted by atomic mass is 10.2. The second-order valence-electron chi connectivity index (χ2n) is 4.39. The highest BCUT2D eigenvalue weighted by atomic mass is 16.5. The average Bonchev–Trinajstić information content (AvgIpc) is 2.50. The Morgan fingerprint density at radius 2 is 2.10 bits per heavy atom. The molecule has 0 atom stereocenters. The maximum Gasteiger partial charge on any atom is 0.257 e. The Morgan fingerprint density at radius 3 is 2.76 bits per heavy atom. The maximum atomic E-state index is 11.5. The highest BCUT2D eigenvalue weighted by Crippen LogP contribution is 2.24. The fraction of sp³-hybridized carbons (Fsp3) is 0.533. The van der Waals surface area contributed by atoms with E-state index in [0.717, 1.165) is 17.9 Å². The van der Waals surface area contributed by atoms with Crippen molar-refractivity contribution in [3.8, 4) is 11.5 Å². The number of benzene rings is 1. The molecule has 0 saturated heterocycles. The molecule has 0 aliphatic heterocycles. The Bertz CT molecular complexity index is 438. The van der Waals surface area contributed by atoms with E-state index in [2.05, 4.69) is 10.6 Å². The number of carbonyl (C=O) groups is 1. The number of methoxy groups -OCH3 is 2. The number of likely N-dealkylation sites (N-methyl/N-ethyl adjacent to an activating group) is 1. The van der Waals surface area contributed by atoms with E-state index in [-0.39, 0.29) is 12.5 Å². The van der Waals surface area contributed by atoms with E-state index in [1.807, 2.05) is 25.1 Å². The van der Waals surface area contributed by atoms with Crippen molar-refractivity contribution in [2.45, 2.75) is 13.5 Å². The van der Waals surface area contributed by atoms with Crippen molar-refractivity contribution in [2.24, 2.45) is 0 Å². The van der Waals surface area contributed by atoms with Crippen LogP contribution < -0.4 is 20.1 Å². The molecule has 0 aliphatic rings. The number of amides is 1. The molecular weight excluding hydrogens is 272 g/mol. The predicted molar refractivity (Wildman–Crippen MR) is 80.8 cm³/mol. The molecule has 1 rings (SSSR count). The van der Waals surface area contributed by atoms with Gasteiger partial charge in [-0.15, -0.1) is 0 Å². The molecular formula is C15H24N2O4. The lowest BCUT2D eigenvalue weighted by Crippen LogP contribution is -2.28. The molecule has 21 heavy (non-hydrogen) atoms. The van der Waals surface area contributed by atoms with Crippen LogP contribution in [0.1, 0.15) is 12.5 Å². The third kappa shape index (κ3) is 6.46. The summed E-state index contributed by atoms with van der Waals surface area (Å²) in [5.41, 5.74) is 0.940. The minimum absolute atomic E-state index is 0.00520. The molecule has 0 unspecified atom stereocenters. The van der Waals surface area contributed by atoms with Crippen LogP contribution in [0.4, 0.5) is 0 Å². The molecule has 0 saturated carbocycles. The minimum Gasteiger partial charge on any atom is -0.497 e. The highest BCUT2D eigenvalue weighted by Gasteiger charge is 2.08. The summed E-state index contributed by atoms with van der Waals surface area (Å²) < 4.78 is 15.8. The molecule has 1 aromatic rings. The van der Waals surface area contributed by atoms with Gasteiger partial charge in [0.2, 0.25) is 0 Å². The summed E-state index contributed by atoms with van der Waals surface area (Å²) in [5, 5.41) is 5.94. The van der Waals surface area contributed by atoms with Crippen LogP contribution in [0.2, 0.25) is 0 Å². The van der Waals surface area contributed by atoms with Crippen LogP contribution in [0.15, 0.2) is 18.2 Å². The van der Waals surface area contributed by atoms with Gasteiger partial charge in [-0.05, 0) is 25.1 Å². The lowest BCUT2D eigenvalue weighted by Gasteiger charge is -2.13. The summed E-state index contributed by atoms with van der Waals surface area (Å²) in [4.78, 5) is 11.5. The zero-order chi connectivity index (χ0) is 15.5. The number of ether oxygens (including phenoxy) is 3. The molecule has 0 fully saturated rings. The van der Waals surface area contributed by atoms with Crippen LogP contribution in [0.25, 0.3) is 0 Å². The number of hydrogen-bond acceptors (Lipinski definition) is 5. The van der Waals surface area contributed by atoms with Gasteiger partial charge in [0.25, 0.3) is 5.91 Å². The van der Waals surface area contributed by atoms with Crippen molar-refractivity contribution in [2.75, 3.05) is 40.5 Å². The van der Waals surface area contributed by atoms with Gasteiger partial charge in [-0.3, -0.25) is 4.79 Å². The molecule has 0 heterocycles. The molecule has 0 bridgehead atoms. The van der Waals surface area contributed by atoms with E-state index in [0.29, 0.717) is 25.4 Å². The van der Waals surface area contributed by atoms with Gasteiger partial charge in [-0.2, -0.15) is 0 Å². The Morgan fingerprint density at radius 1 is 1.29 bits per heavy atom. The Kier molecular flexibility index (Phi) is 8.23. The first-order valence-corrected chi connectivity index (χ1v) is 6.97. The summed E-state index contributed by atoms with van der Waals surface area (Å²) in [5.74, 6) is 1.29. The normalized spacial score (nSPS) is 10.2. The molecule has 0 aliphatic carbocycles. The molecule has 2 N–H and O–H groups in total. The lowest BCUT2D eigenvalue weighted by molar-refractivity contribution is -0.122. The van der Waals surface area contributed by atoms with Gasteiger partial charge in [-0.1, -0.05) is 0 Å². The van der Waals surface area contributed by atoms with Gasteiger partial charge in [0.1, 0.15) is 11.5 Å². The molecule has 118 valence electrons. The van der Waals surface area contributed by atoms with E-state index in [4.69, 9.17) is 14.2 Å². The second-order valence-corrected chi connectivity index (χ2v) is 4.39. The van der Waals surface area contributed by atoms with Gasteiger partial charge in [0, 0.05) is 32.3 Å². The predicted octanol–water partition coefficient (Wildman–Crippen LogP) is 0.946. The van der Waals surface area contributed by atoms with E-state index < -0.39 is 0 Å². The largest absolute Gasteiger partial charge is 0.497 e. The van der Waals surface area contributed by atoms with Crippen LogP contribution in [-0.2, 0) is 16.1 Å². The van der Waals surface area contributed by atoms with Crippen molar-refractivity contribution in [3.05, 3.63) is 23.8 Å². The Labute approximate surface area is 125 Å². The highest BCUT2D eigenvalue weighted by molar-refractivity contribution is 5.77. The molecule has 0 spiro atoms. The van der Waals surface area contributed by atoms with Gasteiger partial charge in [0.15, 0.2) is 6.61 Å². The zero-order valence-corrected chi connectivity index (χ0v) is 12.9. The van der Waals surface area contributed by atoms with E-state index >= 15 is 0 Å². The van der Waals surface area contributed by atoms with Crippen LogP contribution >= 0.6 is 0 Å². The summed E-state index contributed by atoms with van der Waals surface area (Å²) in [6.45, 7) is 4.46. The molecule has 1 aromatic carbocycles. The Balaban J connectivity index is 2.64. The fourth-order valence-corrected chi connectivity index (χ4v) is 1.75. The quantitative estimate of drug-likeness (QED) is 0.629. The second kappa shape index (κ2) is 10.0. The number of nitrogens with one attached hydrogen (secondary N) is 2. The van der Waals surface area contributed by atoms with E-state index in [1.54, 1.807) is 14.2 Å². The molecule has 6 heteroatoms. The SMILES string of the molecule is CCNC(=O)COc1ccc(OC)cc1CNCCOC. The van der Waals surface area contributed by atoms with Crippen molar-refractivity contribution >= 4 is 5.91 Å². The fourth-order valence-electron chi connectivity index (χ4n) is 1.75. The summed E-state index contributed by atoms with van der Waals surface area (Å²) in [6, 6.07) is 5.52. The monoisotopic (exact) mass is 296 g/mol. The van der Waals surface area contributed by atoms with Crippen molar-refractivity contribution < 1.29 is 19.0 Å². The first kappa shape index (κ1) is 17.3. The topological polar surface area (TPSA) is 68.8 Å². The molecule has 0 radical (unpaired) electrons. The number of hydrogen-bond donors (Lipinski definition) is 2. The summed E-state index contributed by atoms with van der Waals surface area (Å²) in [6.07, 6.45) is 0. The standard InChI is InChI=1S/C15H24N2O4/c1-4-17-15(18)11-21-14-6-5-13(20-3)9-12(14)10-16-7-8-19-2/h5-6,9,16H,4,7-8,10-11H2,1-3H3,(H,17,18). The summed E-state index contributed by atoms with van der Waals surface area (Å²) in [7, 11) is 3.28. The smallest absolute Gasteiger partial charge is 0.257 e. The first-order chi connectivity index (χ1) is 10.2. The number of carbonyl (C=O) groups excluding carboxylic acids is 1. The molecule has 0 aromatic heterocycles. The third-order valence-electron chi connectivity index (χ3n) is 2.80. The van der Waals surface area contributed by atoms with Crippen LogP contribution in [-0.4, -0.2) is 46.4 Å². The van der Waals surface area contributed by atoms with Gasteiger partial charge in [0.05, 0.1) is 13.7 Å². The number of rotatable bonds is 10. The van der Waals surface area contributed by atoms with Crippen LogP contribution in [0, 0.1) is 0 Å². The third-order valence-corrected chi connectivity index (χ3v) is 2.80. The molecule has 1 amide bonds. The maximum absolute atomic E-state index is 11.5. The van der Waals surface area contributed by atoms with Crippen molar-refractivity contribution in [1.29, 1.82) is 0 Å². The first-order valence-electron chi connectivity index (χ1n) is 6.97. The van der Waals surface area contributed by atoms with E-state index in [9.17, 15) is 4.79 Å². The van der Waals surface area contributed by atoms with Gasteiger partial charge < -0.3 is 24.8 Å². The van der Waals surface area contributed by atoms with Crippen molar-refractivity contribution in [3.63, 3.8) is 0 Å². The van der Waals surface area contributed by atoms with Crippen molar-refractivity contribution in [1.82, 2.24) is 10.6 Å². The minimum atomic E-state index is -0.133.